The van der Waals surface area contributed by atoms with Crippen molar-refractivity contribution >= 4 is 22.4 Å². The monoisotopic (exact) mass is 214 g/mol. The number of aromatic carboxylic acids is 1. The highest BCUT2D eigenvalue weighted by molar-refractivity contribution is 7.13. The molecule has 0 spiro atoms. The van der Waals surface area contributed by atoms with Crippen molar-refractivity contribution in [3.63, 3.8) is 0 Å². The number of nitrogens with one attached hydrogen (secondary N) is 1. The second-order valence-corrected chi connectivity index (χ2v) is 3.86. The summed E-state index contributed by atoms with van der Waals surface area (Å²) in [5.41, 5.74) is 0.114. The van der Waals surface area contributed by atoms with Crippen LogP contribution in [-0.2, 0) is 0 Å². The van der Waals surface area contributed by atoms with Crippen LogP contribution in [0.15, 0.2) is 5.38 Å². The number of anilines is 1. The lowest BCUT2D eigenvalue weighted by molar-refractivity contribution is 0.0691. The molecule has 78 valence electrons. The summed E-state index contributed by atoms with van der Waals surface area (Å²) < 4.78 is 0. The molecule has 0 aliphatic rings. The molecule has 0 unspecified atom stereocenters. The van der Waals surface area contributed by atoms with Crippen molar-refractivity contribution in [1.82, 2.24) is 4.98 Å². The molecule has 1 rings (SSSR count). The standard InChI is InChI=1S/C9H14N2O2S/c1-3-6(4-2)10-9-11-7(5-14-9)8(12)13/h5-6H,3-4H2,1-2H3,(H,10,11)(H,12,13). The van der Waals surface area contributed by atoms with Crippen LogP contribution in [0.2, 0.25) is 0 Å². The third-order valence-corrected chi connectivity index (χ3v) is 2.81. The summed E-state index contributed by atoms with van der Waals surface area (Å²) in [7, 11) is 0. The maximum Gasteiger partial charge on any atom is 0.355 e. The number of carboxylic acid groups (broad SMARTS) is 1. The van der Waals surface area contributed by atoms with Gasteiger partial charge in [-0.1, -0.05) is 13.8 Å². The van der Waals surface area contributed by atoms with Gasteiger partial charge in [0, 0.05) is 11.4 Å². The van der Waals surface area contributed by atoms with E-state index in [4.69, 9.17) is 5.11 Å². The van der Waals surface area contributed by atoms with Crippen molar-refractivity contribution in [3.8, 4) is 0 Å². The molecule has 2 N–H and O–H groups in total. The maximum absolute atomic E-state index is 10.6. The van der Waals surface area contributed by atoms with Gasteiger partial charge >= 0.3 is 5.97 Å². The summed E-state index contributed by atoms with van der Waals surface area (Å²) >= 11 is 1.33. The smallest absolute Gasteiger partial charge is 0.355 e. The van der Waals surface area contributed by atoms with Gasteiger partial charge in [0.05, 0.1) is 0 Å². The van der Waals surface area contributed by atoms with Crippen LogP contribution >= 0.6 is 11.3 Å². The van der Waals surface area contributed by atoms with E-state index < -0.39 is 5.97 Å². The third kappa shape index (κ3) is 2.70. The molecular formula is C9H14N2O2S. The minimum Gasteiger partial charge on any atom is -0.476 e. The van der Waals surface area contributed by atoms with Crippen molar-refractivity contribution < 1.29 is 9.90 Å². The second-order valence-electron chi connectivity index (χ2n) is 3.00. The Bertz CT molecular complexity index is 308. The summed E-state index contributed by atoms with van der Waals surface area (Å²) in [6.45, 7) is 4.18. The van der Waals surface area contributed by atoms with Crippen LogP contribution in [0.5, 0.6) is 0 Å². The van der Waals surface area contributed by atoms with Crippen LogP contribution < -0.4 is 5.32 Å². The molecule has 0 fully saturated rings. The van der Waals surface area contributed by atoms with Crippen molar-refractivity contribution in [1.29, 1.82) is 0 Å². The highest BCUT2D eigenvalue weighted by Crippen LogP contribution is 2.17. The van der Waals surface area contributed by atoms with Gasteiger partial charge in [-0.2, -0.15) is 0 Å². The zero-order chi connectivity index (χ0) is 10.6. The van der Waals surface area contributed by atoms with Gasteiger partial charge in [-0.05, 0) is 12.8 Å². The first-order chi connectivity index (χ1) is 6.67. The fourth-order valence-corrected chi connectivity index (χ4v) is 1.87. The molecule has 0 aromatic carbocycles. The number of rotatable bonds is 5. The Kier molecular flexibility index (Phi) is 3.88. The lowest BCUT2D eigenvalue weighted by Crippen LogP contribution is -2.16. The topological polar surface area (TPSA) is 62.2 Å². The van der Waals surface area contributed by atoms with Crippen LogP contribution in [0.25, 0.3) is 0 Å². The van der Waals surface area contributed by atoms with E-state index in [9.17, 15) is 4.79 Å². The Hall–Kier alpha value is -1.10. The van der Waals surface area contributed by atoms with E-state index in [2.05, 4.69) is 24.1 Å². The van der Waals surface area contributed by atoms with E-state index >= 15 is 0 Å². The molecule has 4 nitrogen and oxygen atoms in total. The van der Waals surface area contributed by atoms with Crippen molar-refractivity contribution in [2.45, 2.75) is 32.7 Å². The van der Waals surface area contributed by atoms with E-state index in [1.807, 2.05) is 0 Å². The van der Waals surface area contributed by atoms with Crippen molar-refractivity contribution in [2.24, 2.45) is 0 Å². The SMILES string of the molecule is CCC(CC)Nc1nc(C(=O)O)cs1. The van der Waals surface area contributed by atoms with Crippen molar-refractivity contribution in [3.05, 3.63) is 11.1 Å². The second kappa shape index (κ2) is 4.95. The van der Waals surface area contributed by atoms with Crippen LogP contribution in [0.4, 0.5) is 5.13 Å². The number of carbonyl (C=O) groups is 1. The van der Waals surface area contributed by atoms with Crippen LogP contribution in [0, 0.1) is 0 Å². The molecule has 1 aromatic heterocycles. The third-order valence-electron chi connectivity index (χ3n) is 2.04. The Labute approximate surface area is 87.0 Å². The van der Waals surface area contributed by atoms with Gasteiger partial charge in [-0.25, -0.2) is 9.78 Å². The Morgan fingerprint density at radius 3 is 2.71 bits per heavy atom. The molecule has 0 saturated carbocycles. The van der Waals surface area contributed by atoms with Gasteiger partial charge in [-0.3, -0.25) is 0 Å². The summed E-state index contributed by atoms with van der Waals surface area (Å²) in [6, 6.07) is 0.378. The zero-order valence-corrected chi connectivity index (χ0v) is 9.10. The van der Waals surface area contributed by atoms with Gasteiger partial charge in [0.25, 0.3) is 0 Å². The summed E-state index contributed by atoms with van der Waals surface area (Å²) in [6.07, 6.45) is 2.02. The fourth-order valence-electron chi connectivity index (χ4n) is 1.11. The van der Waals surface area contributed by atoms with Crippen LogP contribution in [0.3, 0.4) is 0 Å². The molecule has 0 radical (unpaired) electrons. The van der Waals surface area contributed by atoms with Gasteiger partial charge in [-0.15, -0.1) is 11.3 Å². The lowest BCUT2D eigenvalue weighted by Gasteiger charge is -2.12. The summed E-state index contributed by atoms with van der Waals surface area (Å²) in [4.78, 5) is 14.5. The molecule has 0 aliphatic heterocycles. The largest absolute Gasteiger partial charge is 0.476 e. The normalized spacial score (nSPS) is 10.5. The average Bonchev–Trinajstić information content (AvgIpc) is 2.62. The van der Waals surface area contributed by atoms with Crippen LogP contribution in [-0.4, -0.2) is 22.1 Å². The number of thiazole rings is 1. The van der Waals surface area contributed by atoms with Gasteiger partial charge in [0.1, 0.15) is 0 Å². The highest BCUT2D eigenvalue weighted by Gasteiger charge is 2.10. The number of aromatic nitrogens is 1. The predicted octanol–water partition coefficient (Wildman–Crippen LogP) is 2.44. The highest BCUT2D eigenvalue weighted by atomic mass is 32.1. The van der Waals surface area contributed by atoms with Crippen molar-refractivity contribution in [2.75, 3.05) is 5.32 Å². The Morgan fingerprint density at radius 1 is 1.64 bits per heavy atom. The number of nitrogens with zero attached hydrogens (tertiary/aromatic N) is 1. The minimum absolute atomic E-state index is 0.114. The molecule has 0 saturated heterocycles. The fraction of sp³-hybridized carbons (Fsp3) is 0.556. The maximum atomic E-state index is 10.6. The minimum atomic E-state index is -0.973. The number of hydrogen-bond donors (Lipinski definition) is 2. The number of hydrogen-bond acceptors (Lipinski definition) is 4. The van der Waals surface area contributed by atoms with Gasteiger partial charge < -0.3 is 10.4 Å². The quantitative estimate of drug-likeness (QED) is 0.790. The molecule has 5 heteroatoms. The molecule has 0 atom stereocenters. The Morgan fingerprint density at radius 2 is 2.29 bits per heavy atom. The van der Waals surface area contributed by atoms with E-state index in [0.29, 0.717) is 11.2 Å². The molecular weight excluding hydrogens is 200 g/mol. The number of carboxylic acids is 1. The Balaban J connectivity index is 2.63. The lowest BCUT2D eigenvalue weighted by atomic mass is 10.2. The van der Waals surface area contributed by atoms with Gasteiger partial charge in [0.2, 0.25) is 0 Å². The molecule has 1 heterocycles. The predicted molar refractivity (Wildman–Crippen MR) is 57.1 cm³/mol. The van der Waals surface area contributed by atoms with E-state index in [1.165, 1.54) is 11.3 Å². The van der Waals surface area contributed by atoms with Crippen LogP contribution in [0.1, 0.15) is 37.2 Å². The van der Waals surface area contributed by atoms with E-state index in [0.717, 1.165) is 12.8 Å². The van der Waals surface area contributed by atoms with Gasteiger partial charge in [0.15, 0.2) is 10.8 Å². The first-order valence-electron chi connectivity index (χ1n) is 4.62. The summed E-state index contributed by atoms with van der Waals surface area (Å²) in [5, 5.41) is 14.1. The zero-order valence-electron chi connectivity index (χ0n) is 8.28. The first kappa shape index (κ1) is 11.0. The molecule has 14 heavy (non-hydrogen) atoms. The molecule has 1 aromatic rings. The average molecular weight is 214 g/mol. The van der Waals surface area contributed by atoms with E-state index in [1.54, 1.807) is 5.38 Å². The molecule has 0 bridgehead atoms. The molecule has 0 aliphatic carbocycles. The molecule has 0 amide bonds. The summed E-state index contributed by atoms with van der Waals surface area (Å²) in [5.74, 6) is -0.973. The first-order valence-corrected chi connectivity index (χ1v) is 5.50. The van der Waals surface area contributed by atoms with E-state index in [-0.39, 0.29) is 5.69 Å².